The van der Waals surface area contributed by atoms with E-state index in [1.54, 1.807) is 7.11 Å². The van der Waals surface area contributed by atoms with E-state index in [0.29, 0.717) is 23.5 Å². The van der Waals surface area contributed by atoms with E-state index in [4.69, 9.17) is 4.74 Å². The standard InChI is InChI=1S/C19H21N3O2S/c1-21(2)15-10-8-14(9-11-15)18(23)20-19-22(12-13-24-3)16-6-4-5-7-17(16)25-19/h4-11H,12-13H2,1-3H3. The Labute approximate surface area is 150 Å². The Morgan fingerprint density at radius 1 is 1.16 bits per heavy atom. The van der Waals surface area contributed by atoms with E-state index in [-0.39, 0.29) is 5.91 Å². The van der Waals surface area contributed by atoms with E-state index in [2.05, 4.69) is 4.99 Å². The van der Waals surface area contributed by atoms with Gasteiger partial charge in [-0.05, 0) is 36.4 Å². The number of thiazole rings is 1. The first-order chi connectivity index (χ1) is 12.1. The minimum atomic E-state index is -0.233. The molecular weight excluding hydrogens is 334 g/mol. The molecule has 3 aromatic rings. The van der Waals surface area contributed by atoms with Crippen LogP contribution in [0, 0.1) is 0 Å². The second kappa shape index (κ2) is 7.63. The van der Waals surface area contributed by atoms with Crippen molar-refractivity contribution in [2.45, 2.75) is 6.54 Å². The first-order valence-corrected chi connectivity index (χ1v) is 8.85. The number of rotatable bonds is 5. The van der Waals surface area contributed by atoms with Gasteiger partial charge in [0, 0.05) is 39.0 Å². The zero-order valence-electron chi connectivity index (χ0n) is 14.6. The summed E-state index contributed by atoms with van der Waals surface area (Å²) >= 11 is 1.52. The van der Waals surface area contributed by atoms with E-state index < -0.39 is 0 Å². The largest absolute Gasteiger partial charge is 0.383 e. The van der Waals surface area contributed by atoms with Gasteiger partial charge in [0.2, 0.25) is 0 Å². The molecule has 130 valence electrons. The van der Waals surface area contributed by atoms with Crippen LogP contribution in [0.1, 0.15) is 10.4 Å². The van der Waals surface area contributed by atoms with Gasteiger partial charge in [-0.2, -0.15) is 4.99 Å². The van der Waals surface area contributed by atoms with Gasteiger partial charge in [0.1, 0.15) is 0 Å². The van der Waals surface area contributed by atoms with Gasteiger partial charge < -0.3 is 14.2 Å². The molecule has 0 radical (unpaired) electrons. The first kappa shape index (κ1) is 17.4. The van der Waals surface area contributed by atoms with Crippen LogP contribution in [-0.4, -0.2) is 38.3 Å². The van der Waals surface area contributed by atoms with Gasteiger partial charge >= 0.3 is 0 Å². The molecule has 1 amide bonds. The zero-order chi connectivity index (χ0) is 17.8. The summed E-state index contributed by atoms with van der Waals surface area (Å²) in [6.07, 6.45) is 0. The first-order valence-electron chi connectivity index (χ1n) is 8.04. The molecule has 1 heterocycles. The molecule has 1 aromatic heterocycles. The van der Waals surface area contributed by atoms with Crippen molar-refractivity contribution in [3.8, 4) is 0 Å². The molecule has 0 aliphatic heterocycles. The normalized spacial score (nSPS) is 11.9. The number of hydrogen-bond acceptors (Lipinski definition) is 4. The molecule has 0 saturated heterocycles. The van der Waals surface area contributed by atoms with Crippen LogP contribution in [0.5, 0.6) is 0 Å². The second-order valence-corrected chi connectivity index (χ2v) is 6.86. The number of ether oxygens (including phenoxy) is 1. The quantitative estimate of drug-likeness (QED) is 0.706. The van der Waals surface area contributed by atoms with Gasteiger partial charge in [-0.25, -0.2) is 0 Å². The molecule has 2 aromatic carbocycles. The summed E-state index contributed by atoms with van der Waals surface area (Å²) in [5.74, 6) is -0.233. The summed E-state index contributed by atoms with van der Waals surface area (Å²) in [6, 6.07) is 15.5. The predicted octanol–water partition coefficient (Wildman–Crippen LogP) is 3.16. The van der Waals surface area contributed by atoms with E-state index in [9.17, 15) is 4.79 Å². The highest BCUT2D eigenvalue weighted by Gasteiger charge is 2.09. The van der Waals surface area contributed by atoms with E-state index in [0.717, 1.165) is 15.9 Å². The number of nitrogens with zero attached hydrogens (tertiary/aromatic N) is 3. The molecule has 0 spiro atoms. The zero-order valence-corrected chi connectivity index (χ0v) is 15.4. The van der Waals surface area contributed by atoms with E-state index in [1.807, 2.05) is 72.1 Å². The molecule has 25 heavy (non-hydrogen) atoms. The molecule has 0 N–H and O–H groups in total. The Hall–Kier alpha value is -2.44. The summed E-state index contributed by atoms with van der Waals surface area (Å²) < 4.78 is 8.34. The summed E-state index contributed by atoms with van der Waals surface area (Å²) in [5.41, 5.74) is 2.70. The predicted molar refractivity (Wildman–Crippen MR) is 102 cm³/mol. The van der Waals surface area contributed by atoms with Crippen LogP contribution < -0.4 is 9.70 Å². The van der Waals surface area contributed by atoms with Gasteiger partial charge in [-0.3, -0.25) is 4.79 Å². The Balaban J connectivity index is 2.00. The third kappa shape index (κ3) is 3.81. The number of anilines is 1. The van der Waals surface area contributed by atoms with Crippen LogP contribution in [0.15, 0.2) is 53.5 Å². The fourth-order valence-corrected chi connectivity index (χ4v) is 3.61. The lowest BCUT2D eigenvalue weighted by Crippen LogP contribution is -2.19. The number of fused-ring (bicyclic) bond motifs is 1. The van der Waals surface area contributed by atoms with Crippen molar-refractivity contribution >= 4 is 33.1 Å². The van der Waals surface area contributed by atoms with Gasteiger partial charge in [-0.1, -0.05) is 23.5 Å². The van der Waals surface area contributed by atoms with Gasteiger partial charge in [0.05, 0.1) is 16.8 Å². The smallest absolute Gasteiger partial charge is 0.279 e. The molecule has 0 bridgehead atoms. The lowest BCUT2D eigenvalue weighted by atomic mass is 10.2. The molecule has 0 fully saturated rings. The van der Waals surface area contributed by atoms with Crippen LogP contribution >= 0.6 is 11.3 Å². The number of carbonyl (C=O) groups excluding carboxylic acids is 1. The average Bonchev–Trinajstić information content (AvgIpc) is 2.97. The number of benzene rings is 2. The number of carbonyl (C=O) groups is 1. The highest BCUT2D eigenvalue weighted by Crippen LogP contribution is 2.17. The fourth-order valence-electron chi connectivity index (χ4n) is 2.56. The molecule has 0 aliphatic carbocycles. The minimum absolute atomic E-state index is 0.233. The van der Waals surface area contributed by atoms with Gasteiger partial charge in [0.15, 0.2) is 4.80 Å². The summed E-state index contributed by atoms with van der Waals surface area (Å²) in [4.78, 5) is 19.6. The lowest BCUT2D eigenvalue weighted by Gasteiger charge is -2.11. The Morgan fingerprint density at radius 3 is 2.56 bits per heavy atom. The number of aromatic nitrogens is 1. The fraction of sp³-hybridized carbons (Fsp3) is 0.263. The third-order valence-corrected chi connectivity index (χ3v) is 4.99. The third-order valence-electron chi connectivity index (χ3n) is 3.94. The SMILES string of the molecule is COCCn1c(=NC(=O)c2ccc(N(C)C)cc2)sc2ccccc21. The van der Waals surface area contributed by atoms with Crippen LogP contribution in [0.3, 0.4) is 0 Å². The second-order valence-electron chi connectivity index (χ2n) is 5.86. The Morgan fingerprint density at radius 2 is 1.88 bits per heavy atom. The number of methoxy groups -OCH3 is 1. The summed E-state index contributed by atoms with van der Waals surface area (Å²) in [5, 5.41) is 0. The van der Waals surface area contributed by atoms with Gasteiger partial charge in [-0.15, -0.1) is 0 Å². The molecule has 0 unspecified atom stereocenters. The highest BCUT2D eigenvalue weighted by molar-refractivity contribution is 7.16. The molecular formula is C19H21N3O2S. The number of amides is 1. The molecule has 5 nitrogen and oxygen atoms in total. The van der Waals surface area contributed by atoms with E-state index >= 15 is 0 Å². The minimum Gasteiger partial charge on any atom is -0.383 e. The van der Waals surface area contributed by atoms with Crippen molar-refractivity contribution < 1.29 is 9.53 Å². The van der Waals surface area contributed by atoms with Crippen LogP contribution in [0.4, 0.5) is 5.69 Å². The average molecular weight is 355 g/mol. The maximum atomic E-state index is 12.6. The molecule has 0 aliphatic rings. The summed E-state index contributed by atoms with van der Waals surface area (Å²) in [6.45, 7) is 1.23. The maximum absolute atomic E-state index is 12.6. The Bertz CT molecular complexity index is 939. The lowest BCUT2D eigenvalue weighted by molar-refractivity contribution is 0.0997. The van der Waals surface area contributed by atoms with Crippen LogP contribution in [-0.2, 0) is 11.3 Å². The molecule has 0 atom stereocenters. The van der Waals surface area contributed by atoms with Crippen molar-refractivity contribution in [2.24, 2.45) is 4.99 Å². The highest BCUT2D eigenvalue weighted by atomic mass is 32.1. The summed E-state index contributed by atoms with van der Waals surface area (Å²) in [7, 11) is 5.61. The Kier molecular flexibility index (Phi) is 5.31. The van der Waals surface area contributed by atoms with Crippen LogP contribution in [0.2, 0.25) is 0 Å². The number of hydrogen-bond donors (Lipinski definition) is 0. The topological polar surface area (TPSA) is 46.8 Å². The van der Waals surface area contributed by atoms with Crippen molar-refractivity contribution in [3.63, 3.8) is 0 Å². The molecule has 0 saturated carbocycles. The van der Waals surface area contributed by atoms with Crippen LogP contribution in [0.25, 0.3) is 10.2 Å². The van der Waals surface area contributed by atoms with E-state index in [1.165, 1.54) is 11.3 Å². The molecule has 3 rings (SSSR count). The van der Waals surface area contributed by atoms with Crippen molar-refractivity contribution in [3.05, 3.63) is 58.9 Å². The van der Waals surface area contributed by atoms with Crippen molar-refractivity contribution in [2.75, 3.05) is 32.7 Å². The number of para-hydroxylation sites is 1. The maximum Gasteiger partial charge on any atom is 0.279 e. The molecule has 6 heteroatoms. The van der Waals surface area contributed by atoms with Gasteiger partial charge in [0.25, 0.3) is 5.91 Å². The monoisotopic (exact) mass is 355 g/mol. The van der Waals surface area contributed by atoms with Crippen molar-refractivity contribution in [1.82, 2.24) is 4.57 Å². The van der Waals surface area contributed by atoms with Crippen molar-refractivity contribution in [1.29, 1.82) is 0 Å².